The molecule has 3 aromatic heterocycles. The van der Waals surface area contributed by atoms with Crippen LogP contribution in [0.2, 0.25) is 0 Å². The Morgan fingerprint density at radius 1 is 1.10 bits per heavy atom. The summed E-state index contributed by atoms with van der Waals surface area (Å²) < 4.78 is 0. The number of hydrogen-bond acceptors (Lipinski definition) is 7. The van der Waals surface area contributed by atoms with Gasteiger partial charge in [0.15, 0.2) is 10.3 Å². The number of amides is 1. The van der Waals surface area contributed by atoms with Gasteiger partial charge in [-0.25, -0.2) is 15.0 Å². The van der Waals surface area contributed by atoms with Gasteiger partial charge in [-0.2, -0.15) is 0 Å². The Morgan fingerprint density at radius 3 is 2.80 bits per heavy atom. The number of thiazole rings is 2. The van der Waals surface area contributed by atoms with Crippen molar-refractivity contribution in [1.29, 1.82) is 0 Å². The molecule has 1 amide bonds. The van der Waals surface area contributed by atoms with E-state index in [1.165, 1.54) is 22.7 Å². The highest BCUT2D eigenvalue weighted by Crippen LogP contribution is 2.20. The van der Waals surface area contributed by atoms with Crippen LogP contribution < -0.4 is 10.6 Å². The Morgan fingerprint density at radius 2 is 2.05 bits per heavy atom. The predicted molar refractivity (Wildman–Crippen MR) is 79.7 cm³/mol. The van der Waals surface area contributed by atoms with Crippen molar-refractivity contribution in [3.05, 3.63) is 47.0 Å². The topological polar surface area (TPSA) is 79.8 Å². The fourth-order valence-corrected chi connectivity index (χ4v) is 2.65. The molecule has 20 heavy (non-hydrogen) atoms. The van der Waals surface area contributed by atoms with Gasteiger partial charge in [-0.3, -0.25) is 10.1 Å². The predicted octanol–water partition coefficient (Wildman–Crippen LogP) is 2.99. The monoisotopic (exact) mass is 303 g/mol. The summed E-state index contributed by atoms with van der Waals surface area (Å²) in [6.45, 7) is 0. The van der Waals surface area contributed by atoms with Crippen LogP contribution in [0.5, 0.6) is 0 Å². The lowest BCUT2D eigenvalue weighted by molar-refractivity contribution is 0.102. The molecule has 0 radical (unpaired) electrons. The van der Waals surface area contributed by atoms with Gasteiger partial charge in [0.05, 0.1) is 0 Å². The normalized spacial score (nSPS) is 10.2. The second-order valence-corrected chi connectivity index (χ2v) is 5.42. The molecule has 0 unspecified atom stereocenters. The zero-order chi connectivity index (χ0) is 13.8. The maximum absolute atomic E-state index is 11.9. The lowest BCUT2D eigenvalue weighted by Gasteiger charge is -2.00. The van der Waals surface area contributed by atoms with Crippen molar-refractivity contribution in [3.8, 4) is 0 Å². The highest BCUT2D eigenvalue weighted by Gasteiger charge is 2.12. The maximum atomic E-state index is 11.9. The summed E-state index contributed by atoms with van der Waals surface area (Å²) in [4.78, 5) is 24.3. The van der Waals surface area contributed by atoms with Crippen LogP contribution in [-0.4, -0.2) is 20.9 Å². The summed E-state index contributed by atoms with van der Waals surface area (Å²) in [5, 5.41) is 10.4. The van der Waals surface area contributed by atoms with E-state index in [9.17, 15) is 4.79 Å². The first kappa shape index (κ1) is 12.7. The Balaban J connectivity index is 1.69. The average Bonchev–Trinajstić information content (AvgIpc) is 3.11. The highest BCUT2D eigenvalue weighted by molar-refractivity contribution is 7.14. The third kappa shape index (κ3) is 2.98. The maximum Gasteiger partial charge on any atom is 0.276 e. The van der Waals surface area contributed by atoms with Crippen LogP contribution in [0.25, 0.3) is 0 Å². The van der Waals surface area contributed by atoms with Crippen molar-refractivity contribution >= 4 is 44.7 Å². The summed E-state index contributed by atoms with van der Waals surface area (Å²) >= 11 is 2.71. The molecule has 0 fully saturated rings. The van der Waals surface area contributed by atoms with Crippen molar-refractivity contribution in [2.45, 2.75) is 0 Å². The summed E-state index contributed by atoms with van der Waals surface area (Å²) in [5.74, 6) is 0.416. The van der Waals surface area contributed by atoms with Crippen LogP contribution in [0.15, 0.2) is 41.4 Å². The largest absolute Gasteiger partial charge is 0.316 e. The van der Waals surface area contributed by atoms with E-state index in [1.807, 2.05) is 18.2 Å². The number of nitrogens with zero attached hydrogens (tertiary/aromatic N) is 3. The summed E-state index contributed by atoms with van der Waals surface area (Å²) in [5.41, 5.74) is 0.351. The number of rotatable bonds is 4. The average molecular weight is 303 g/mol. The molecule has 3 aromatic rings. The summed E-state index contributed by atoms with van der Waals surface area (Å²) in [7, 11) is 0. The van der Waals surface area contributed by atoms with E-state index in [0.29, 0.717) is 21.8 Å². The Labute approximate surface area is 122 Å². The molecule has 2 N–H and O–H groups in total. The van der Waals surface area contributed by atoms with Gasteiger partial charge in [-0.1, -0.05) is 6.07 Å². The van der Waals surface area contributed by atoms with E-state index in [2.05, 4.69) is 25.6 Å². The lowest BCUT2D eigenvalue weighted by atomic mass is 10.4. The fraction of sp³-hybridized carbons (Fsp3) is 0. The minimum absolute atomic E-state index is 0.273. The van der Waals surface area contributed by atoms with Gasteiger partial charge in [0.2, 0.25) is 0 Å². The van der Waals surface area contributed by atoms with Crippen LogP contribution in [-0.2, 0) is 0 Å². The molecule has 0 aliphatic heterocycles. The number of nitrogens with one attached hydrogen (secondary N) is 2. The number of aromatic nitrogens is 3. The standard InChI is InChI=1S/C12H9N5OS2/c18-10(17-11-14-5-6-19-11)8-7-20-12(15-8)16-9-3-1-2-4-13-9/h1-7H,(H,13,15,16)(H,14,17,18). The molecule has 0 saturated carbocycles. The first-order chi connectivity index (χ1) is 9.81. The Kier molecular flexibility index (Phi) is 3.66. The molecule has 3 heterocycles. The molecule has 0 bridgehead atoms. The van der Waals surface area contributed by atoms with Gasteiger partial charge >= 0.3 is 0 Å². The first-order valence-electron chi connectivity index (χ1n) is 5.66. The molecular weight excluding hydrogens is 294 g/mol. The molecule has 0 aliphatic rings. The molecule has 100 valence electrons. The van der Waals surface area contributed by atoms with Crippen LogP contribution in [0.4, 0.5) is 16.1 Å². The van der Waals surface area contributed by atoms with Crippen molar-refractivity contribution in [1.82, 2.24) is 15.0 Å². The smallest absolute Gasteiger partial charge is 0.276 e. The second-order valence-electron chi connectivity index (χ2n) is 3.67. The van der Waals surface area contributed by atoms with Gasteiger partial charge in [0, 0.05) is 23.2 Å². The lowest BCUT2D eigenvalue weighted by Crippen LogP contribution is -2.12. The first-order valence-corrected chi connectivity index (χ1v) is 7.41. The molecule has 0 aliphatic carbocycles. The molecule has 0 spiro atoms. The number of pyridine rings is 1. The van der Waals surface area contributed by atoms with Crippen molar-refractivity contribution < 1.29 is 4.79 Å². The van der Waals surface area contributed by atoms with Crippen molar-refractivity contribution in [2.75, 3.05) is 10.6 Å². The highest BCUT2D eigenvalue weighted by atomic mass is 32.1. The zero-order valence-corrected chi connectivity index (χ0v) is 11.7. The molecule has 0 atom stereocenters. The Hall–Kier alpha value is -2.32. The molecular formula is C12H9N5OS2. The SMILES string of the molecule is O=C(Nc1nccs1)c1csc(Nc2ccccn2)n1. The van der Waals surface area contributed by atoms with Crippen LogP contribution in [0.1, 0.15) is 10.5 Å². The van der Waals surface area contributed by atoms with Crippen LogP contribution in [0, 0.1) is 0 Å². The van der Waals surface area contributed by atoms with E-state index in [1.54, 1.807) is 23.2 Å². The molecule has 3 rings (SSSR count). The fourth-order valence-electron chi connectivity index (χ4n) is 1.43. The molecule has 0 saturated heterocycles. The van der Waals surface area contributed by atoms with Gasteiger partial charge in [-0.05, 0) is 12.1 Å². The van der Waals surface area contributed by atoms with Crippen LogP contribution >= 0.6 is 22.7 Å². The molecule has 8 heteroatoms. The van der Waals surface area contributed by atoms with Crippen molar-refractivity contribution in [3.63, 3.8) is 0 Å². The quantitative estimate of drug-likeness (QED) is 0.774. The zero-order valence-electron chi connectivity index (χ0n) is 10.1. The van der Waals surface area contributed by atoms with E-state index in [4.69, 9.17) is 0 Å². The second kappa shape index (κ2) is 5.76. The Bertz CT molecular complexity index is 696. The van der Waals surface area contributed by atoms with Gasteiger partial charge < -0.3 is 5.32 Å². The number of anilines is 3. The van der Waals surface area contributed by atoms with Crippen LogP contribution in [0.3, 0.4) is 0 Å². The molecule has 0 aromatic carbocycles. The van der Waals surface area contributed by atoms with E-state index >= 15 is 0 Å². The third-order valence-electron chi connectivity index (χ3n) is 2.29. The van der Waals surface area contributed by atoms with Gasteiger partial charge in [0.1, 0.15) is 11.5 Å². The van der Waals surface area contributed by atoms with E-state index < -0.39 is 0 Å². The summed E-state index contributed by atoms with van der Waals surface area (Å²) in [6.07, 6.45) is 3.32. The third-order valence-corrected chi connectivity index (χ3v) is 3.74. The minimum atomic E-state index is -0.273. The van der Waals surface area contributed by atoms with E-state index in [0.717, 1.165) is 0 Å². The molecule has 6 nitrogen and oxygen atoms in total. The number of carbonyl (C=O) groups excluding carboxylic acids is 1. The van der Waals surface area contributed by atoms with E-state index in [-0.39, 0.29) is 5.91 Å². The summed E-state index contributed by atoms with van der Waals surface area (Å²) in [6, 6.07) is 5.54. The number of hydrogen-bond donors (Lipinski definition) is 2. The van der Waals surface area contributed by atoms with Crippen molar-refractivity contribution in [2.24, 2.45) is 0 Å². The minimum Gasteiger partial charge on any atom is -0.316 e. The number of carbonyl (C=O) groups is 1. The van der Waals surface area contributed by atoms with Gasteiger partial charge in [-0.15, -0.1) is 22.7 Å². The van der Waals surface area contributed by atoms with Gasteiger partial charge in [0.25, 0.3) is 5.91 Å².